The lowest BCUT2D eigenvalue weighted by atomic mass is 9.89. The third kappa shape index (κ3) is 6.94. The Morgan fingerprint density at radius 3 is 2.45 bits per heavy atom. The first-order chi connectivity index (χ1) is 10.3. The lowest BCUT2D eigenvalue weighted by Gasteiger charge is -2.21. The fourth-order valence-corrected chi connectivity index (χ4v) is 2.17. The van der Waals surface area contributed by atoms with Gasteiger partial charge in [-0.05, 0) is 36.7 Å². The first-order valence-electron chi connectivity index (χ1n) is 8.03. The van der Waals surface area contributed by atoms with Crippen LogP contribution in [0.2, 0.25) is 0 Å². The number of aliphatic hydroxyl groups is 1. The van der Waals surface area contributed by atoms with Crippen molar-refractivity contribution >= 4 is 6.03 Å². The molecule has 0 heterocycles. The van der Waals surface area contributed by atoms with E-state index in [0.717, 1.165) is 12.8 Å². The van der Waals surface area contributed by atoms with Gasteiger partial charge < -0.3 is 15.7 Å². The Balaban J connectivity index is 2.21. The standard InChI is InChI=1S/C18H30N2O2/c1-14-6-8-16(9-7-14)15(2)12-20-17(22)19-11-5-10-18(3,4)13-21/h6-9,15,21H,5,10-13H2,1-4H3,(H2,19,20,22)/t15-/m0/s1. The molecule has 0 bridgehead atoms. The van der Waals surface area contributed by atoms with Crippen LogP contribution in [0.4, 0.5) is 4.79 Å². The average Bonchev–Trinajstić information content (AvgIpc) is 2.50. The largest absolute Gasteiger partial charge is 0.396 e. The maximum absolute atomic E-state index is 11.8. The summed E-state index contributed by atoms with van der Waals surface area (Å²) in [6, 6.07) is 8.28. The van der Waals surface area contributed by atoms with Crippen molar-refractivity contribution in [2.75, 3.05) is 19.7 Å². The molecular formula is C18H30N2O2. The van der Waals surface area contributed by atoms with Crippen LogP contribution in [0.15, 0.2) is 24.3 Å². The van der Waals surface area contributed by atoms with Crippen molar-refractivity contribution in [2.45, 2.75) is 46.5 Å². The van der Waals surface area contributed by atoms with Crippen LogP contribution in [0, 0.1) is 12.3 Å². The molecule has 1 rings (SSSR count). The first-order valence-corrected chi connectivity index (χ1v) is 8.03. The molecule has 4 heteroatoms. The number of carbonyl (C=O) groups is 1. The number of aliphatic hydroxyl groups excluding tert-OH is 1. The van der Waals surface area contributed by atoms with E-state index in [-0.39, 0.29) is 18.1 Å². The number of benzene rings is 1. The molecule has 0 aromatic heterocycles. The molecule has 3 N–H and O–H groups in total. The molecule has 0 saturated carbocycles. The summed E-state index contributed by atoms with van der Waals surface area (Å²) in [5.74, 6) is 0.291. The molecule has 1 aromatic rings. The molecule has 0 aliphatic heterocycles. The molecule has 0 aliphatic carbocycles. The topological polar surface area (TPSA) is 61.4 Å². The molecular weight excluding hydrogens is 276 g/mol. The SMILES string of the molecule is Cc1ccc([C@@H](C)CNC(=O)NCCCC(C)(C)CO)cc1. The third-order valence-electron chi connectivity index (χ3n) is 3.96. The van der Waals surface area contributed by atoms with Crippen LogP contribution < -0.4 is 10.6 Å². The summed E-state index contributed by atoms with van der Waals surface area (Å²) in [6.45, 7) is 9.65. The highest BCUT2D eigenvalue weighted by atomic mass is 16.3. The van der Waals surface area contributed by atoms with Gasteiger partial charge in [-0.25, -0.2) is 4.79 Å². The van der Waals surface area contributed by atoms with E-state index in [2.05, 4.69) is 48.7 Å². The van der Waals surface area contributed by atoms with Crippen LogP contribution in [0.1, 0.15) is 50.7 Å². The normalized spacial score (nSPS) is 12.8. The molecule has 0 fully saturated rings. The molecule has 2 amide bonds. The molecule has 0 aliphatic rings. The molecule has 0 radical (unpaired) electrons. The van der Waals surface area contributed by atoms with Crippen LogP contribution in [0.25, 0.3) is 0 Å². The lowest BCUT2D eigenvalue weighted by Crippen LogP contribution is -2.38. The Hall–Kier alpha value is -1.55. The van der Waals surface area contributed by atoms with Crippen LogP contribution in [0.3, 0.4) is 0 Å². The summed E-state index contributed by atoms with van der Waals surface area (Å²) in [7, 11) is 0. The highest BCUT2D eigenvalue weighted by Gasteiger charge is 2.15. The van der Waals surface area contributed by atoms with Crippen molar-refractivity contribution < 1.29 is 9.90 Å². The van der Waals surface area contributed by atoms with Crippen molar-refractivity contribution in [1.29, 1.82) is 0 Å². The van der Waals surface area contributed by atoms with Gasteiger partial charge in [0.1, 0.15) is 0 Å². The highest BCUT2D eigenvalue weighted by Crippen LogP contribution is 2.20. The number of hydrogen-bond donors (Lipinski definition) is 3. The second-order valence-corrected chi connectivity index (χ2v) is 6.87. The zero-order chi connectivity index (χ0) is 16.6. The van der Waals surface area contributed by atoms with Crippen molar-refractivity contribution in [3.63, 3.8) is 0 Å². The molecule has 1 atom stereocenters. The van der Waals surface area contributed by atoms with Crippen molar-refractivity contribution in [1.82, 2.24) is 10.6 Å². The molecule has 0 spiro atoms. The van der Waals surface area contributed by atoms with E-state index in [1.54, 1.807) is 0 Å². The Kier molecular flexibility index (Phi) is 7.39. The number of carbonyl (C=O) groups excluding carboxylic acids is 1. The second-order valence-electron chi connectivity index (χ2n) is 6.87. The van der Waals surface area contributed by atoms with Gasteiger partial charge in [-0.3, -0.25) is 0 Å². The van der Waals surface area contributed by atoms with Crippen LogP contribution in [-0.2, 0) is 0 Å². The van der Waals surface area contributed by atoms with E-state index in [1.807, 2.05) is 13.8 Å². The van der Waals surface area contributed by atoms with Gasteiger partial charge >= 0.3 is 6.03 Å². The summed E-state index contributed by atoms with van der Waals surface area (Å²) >= 11 is 0. The monoisotopic (exact) mass is 306 g/mol. The first kappa shape index (κ1) is 18.5. The number of aryl methyl sites for hydroxylation is 1. The molecule has 1 aromatic carbocycles. The number of amides is 2. The minimum atomic E-state index is -0.124. The Labute approximate surface area is 134 Å². The van der Waals surface area contributed by atoms with E-state index in [0.29, 0.717) is 19.0 Å². The van der Waals surface area contributed by atoms with Gasteiger partial charge in [-0.15, -0.1) is 0 Å². The fourth-order valence-electron chi connectivity index (χ4n) is 2.17. The van der Waals surface area contributed by atoms with Gasteiger partial charge in [0.15, 0.2) is 0 Å². The predicted octanol–water partition coefficient (Wildman–Crippen LogP) is 3.20. The maximum Gasteiger partial charge on any atom is 0.314 e. The third-order valence-corrected chi connectivity index (χ3v) is 3.96. The van der Waals surface area contributed by atoms with Crippen LogP contribution >= 0.6 is 0 Å². The number of hydrogen-bond acceptors (Lipinski definition) is 2. The van der Waals surface area contributed by atoms with Gasteiger partial charge in [0, 0.05) is 19.7 Å². The Bertz CT molecular complexity index is 455. The van der Waals surface area contributed by atoms with Gasteiger partial charge in [-0.2, -0.15) is 0 Å². The lowest BCUT2D eigenvalue weighted by molar-refractivity contribution is 0.148. The number of rotatable bonds is 8. The zero-order valence-electron chi connectivity index (χ0n) is 14.3. The summed E-state index contributed by atoms with van der Waals surface area (Å²) in [5, 5.41) is 14.9. The van der Waals surface area contributed by atoms with Crippen molar-refractivity contribution in [2.24, 2.45) is 5.41 Å². The minimum Gasteiger partial charge on any atom is -0.396 e. The van der Waals surface area contributed by atoms with E-state index >= 15 is 0 Å². The maximum atomic E-state index is 11.8. The van der Waals surface area contributed by atoms with Crippen molar-refractivity contribution in [3.8, 4) is 0 Å². The van der Waals surface area contributed by atoms with Gasteiger partial charge in [0.05, 0.1) is 0 Å². The minimum absolute atomic E-state index is 0.0713. The number of nitrogens with one attached hydrogen (secondary N) is 2. The molecule has 4 nitrogen and oxygen atoms in total. The molecule has 0 saturated heterocycles. The highest BCUT2D eigenvalue weighted by molar-refractivity contribution is 5.73. The Morgan fingerprint density at radius 1 is 1.23 bits per heavy atom. The van der Waals surface area contributed by atoms with E-state index in [4.69, 9.17) is 0 Å². The van der Waals surface area contributed by atoms with Gasteiger partial charge in [0.2, 0.25) is 0 Å². The summed E-state index contributed by atoms with van der Waals surface area (Å²) in [5.41, 5.74) is 2.40. The zero-order valence-corrected chi connectivity index (χ0v) is 14.3. The summed E-state index contributed by atoms with van der Waals surface area (Å²) in [6.07, 6.45) is 1.76. The summed E-state index contributed by atoms with van der Waals surface area (Å²) < 4.78 is 0. The molecule has 22 heavy (non-hydrogen) atoms. The van der Waals surface area contributed by atoms with Crippen molar-refractivity contribution in [3.05, 3.63) is 35.4 Å². The summed E-state index contributed by atoms with van der Waals surface area (Å²) in [4.78, 5) is 11.8. The van der Waals surface area contributed by atoms with Crippen LogP contribution in [-0.4, -0.2) is 30.8 Å². The van der Waals surface area contributed by atoms with E-state index in [9.17, 15) is 9.90 Å². The van der Waals surface area contributed by atoms with Crippen LogP contribution in [0.5, 0.6) is 0 Å². The van der Waals surface area contributed by atoms with E-state index < -0.39 is 0 Å². The molecule has 124 valence electrons. The van der Waals surface area contributed by atoms with Gasteiger partial charge in [0.25, 0.3) is 0 Å². The fraction of sp³-hybridized carbons (Fsp3) is 0.611. The van der Waals surface area contributed by atoms with Gasteiger partial charge in [-0.1, -0.05) is 50.6 Å². The smallest absolute Gasteiger partial charge is 0.314 e. The average molecular weight is 306 g/mol. The Morgan fingerprint density at radius 2 is 1.86 bits per heavy atom. The number of urea groups is 1. The second kappa shape index (κ2) is 8.79. The quantitative estimate of drug-likeness (QED) is 0.646. The molecule has 0 unspecified atom stereocenters. The van der Waals surface area contributed by atoms with E-state index in [1.165, 1.54) is 11.1 Å². The predicted molar refractivity (Wildman–Crippen MR) is 91.1 cm³/mol.